The van der Waals surface area contributed by atoms with Crippen molar-refractivity contribution >= 4 is 34.4 Å². The van der Waals surface area contributed by atoms with Crippen molar-refractivity contribution in [1.29, 1.82) is 0 Å². The maximum atomic E-state index is 13.1. The molecule has 14 heteroatoms. The molecule has 4 rings (SSSR count). The number of hydrogen-bond acceptors (Lipinski definition) is 11. The molecule has 242 valence electrons. The SMILES string of the molecule is COC(=O)C1=C(C)NC(COCCNC(=O)CCCOc2ccc3[nH]c(=O)ccc3c2)=C(C(=O)OC)C1c1ccccc1[N+](=O)[O-]. The number of allylic oxidation sites excluding steroid dienone is 1. The monoisotopic (exact) mass is 634 g/mol. The van der Waals surface area contributed by atoms with Gasteiger partial charge in [0.05, 0.1) is 61.7 Å². The van der Waals surface area contributed by atoms with Gasteiger partial charge in [-0.25, -0.2) is 9.59 Å². The van der Waals surface area contributed by atoms with Crippen LogP contribution in [-0.4, -0.2) is 68.3 Å². The van der Waals surface area contributed by atoms with Crippen LogP contribution in [0.25, 0.3) is 10.9 Å². The number of hydrogen-bond donors (Lipinski definition) is 3. The van der Waals surface area contributed by atoms with Gasteiger partial charge in [-0.1, -0.05) is 18.2 Å². The number of amides is 1. The second-order valence-electron chi connectivity index (χ2n) is 10.2. The molecule has 3 aromatic rings. The van der Waals surface area contributed by atoms with Gasteiger partial charge in [0.25, 0.3) is 5.69 Å². The third-order valence-electron chi connectivity index (χ3n) is 7.23. The number of aromatic nitrogens is 1. The lowest BCUT2D eigenvalue weighted by molar-refractivity contribution is -0.385. The molecule has 1 aliphatic heterocycles. The summed E-state index contributed by atoms with van der Waals surface area (Å²) in [6, 6.07) is 14.3. The molecule has 0 spiro atoms. The number of para-hydroxylation sites is 1. The van der Waals surface area contributed by atoms with Crippen LogP contribution in [0.2, 0.25) is 0 Å². The molecule has 2 heterocycles. The Labute approximate surface area is 263 Å². The Hall–Kier alpha value is -5.50. The van der Waals surface area contributed by atoms with Crippen LogP contribution >= 0.6 is 0 Å². The van der Waals surface area contributed by atoms with E-state index in [-0.39, 0.29) is 65.7 Å². The van der Waals surface area contributed by atoms with Gasteiger partial charge in [0.15, 0.2) is 0 Å². The highest BCUT2D eigenvalue weighted by Crippen LogP contribution is 2.42. The number of methoxy groups -OCH3 is 2. The first-order chi connectivity index (χ1) is 22.1. The number of nitrogens with one attached hydrogen (secondary N) is 3. The van der Waals surface area contributed by atoms with E-state index in [4.69, 9.17) is 18.9 Å². The van der Waals surface area contributed by atoms with Gasteiger partial charge < -0.3 is 34.6 Å². The van der Waals surface area contributed by atoms with Gasteiger partial charge >= 0.3 is 11.9 Å². The van der Waals surface area contributed by atoms with Crippen LogP contribution in [0.5, 0.6) is 5.75 Å². The number of benzene rings is 2. The molecule has 1 amide bonds. The molecule has 3 N–H and O–H groups in total. The normalized spacial score (nSPS) is 14.5. The lowest BCUT2D eigenvalue weighted by atomic mass is 9.79. The third-order valence-corrected chi connectivity index (χ3v) is 7.23. The number of dihydropyridines is 1. The summed E-state index contributed by atoms with van der Waals surface area (Å²) < 4.78 is 21.4. The van der Waals surface area contributed by atoms with E-state index in [1.54, 1.807) is 31.2 Å². The number of carbonyl (C=O) groups excluding carboxylic acids is 3. The zero-order valence-electron chi connectivity index (χ0n) is 25.5. The average molecular weight is 635 g/mol. The maximum Gasteiger partial charge on any atom is 0.336 e. The predicted octanol–water partition coefficient (Wildman–Crippen LogP) is 2.99. The molecule has 1 aliphatic rings. The van der Waals surface area contributed by atoms with Crippen LogP contribution in [0.1, 0.15) is 31.2 Å². The summed E-state index contributed by atoms with van der Waals surface area (Å²) in [4.78, 5) is 63.7. The molecular formula is C32H34N4O10. The van der Waals surface area contributed by atoms with Gasteiger partial charge in [0.2, 0.25) is 11.5 Å². The summed E-state index contributed by atoms with van der Waals surface area (Å²) in [6.45, 7) is 2.03. The standard InChI is InChI=1S/C32H34N4O10/c1-19-28(31(39)43-2)29(22-7-4-5-8-25(22)36(41)42)30(32(40)44-3)24(34-19)18-45-16-14-33-26(37)9-6-15-46-21-11-12-23-20(17-21)10-13-27(38)35-23/h4-5,7-8,10-13,17,29,34H,6,9,14-16,18H2,1-3H3,(H,33,37)(H,35,38). The summed E-state index contributed by atoms with van der Waals surface area (Å²) in [5.74, 6) is -2.32. The molecule has 46 heavy (non-hydrogen) atoms. The minimum absolute atomic E-state index is 0.0224. The Kier molecular flexibility index (Phi) is 11.2. The van der Waals surface area contributed by atoms with Gasteiger partial charge in [0, 0.05) is 47.3 Å². The first-order valence-corrected chi connectivity index (χ1v) is 14.4. The summed E-state index contributed by atoms with van der Waals surface area (Å²) in [6.07, 6.45) is 0.689. The van der Waals surface area contributed by atoms with E-state index in [0.29, 0.717) is 30.0 Å². The summed E-state index contributed by atoms with van der Waals surface area (Å²) in [7, 11) is 2.34. The summed E-state index contributed by atoms with van der Waals surface area (Å²) in [5, 5.41) is 18.5. The fourth-order valence-electron chi connectivity index (χ4n) is 5.12. The van der Waals surface area contributed by atoms with Crippen molar-refractivity contribution in [3.8, 4) is 5.75 Å². The molecule has 14 nitrogen and oxygen atoms in total. The van der Waals surface area contributed by atoms with Crippen LogP contribution in [0, 0.1) is 10.1 Å². The lowest BCUT2D eigenvalue weighted by Gasteiger charge is -2.31. The Morgan fingerprint density at radius 2 is 1.72 bits per heavy atom. The molecule has 0 radical (unpaired) electrons. The molecule has 1 unspecified atom stereocenters. The predicted molar refractivity (Wildman–Crippen MR) is 166 cm³/mol. The fraction of sp³-hybridized carbons (Fsp3) is 0.312. The van der Waals surface area contributed by atoms with Crippen molar-refractivity contribution in [2.75, 3.05) is 40.6 Å². The van der Waals surface area contributed by atoms with E-state index in [2.05, 4.69) is 15.6 Å². The van der Waals surface area contributed by atoms with E-state index in [1.807, 2.05) is 6.07 Å². The Balaban J connectivity index is 1.34. The number of ether oxygens (including phenoxy) is 4. The van der Waals surface area contributed by atoms with Gasteiger partial charge in [-0.3, -0.25) is 19.7 Å². The number of pyridine rings is 1. The molecule has 0 saturated heterocycles. The molecule has 0 aliphatic carbocycles. The van der Waals surface area contributed by atoms with Gasteiger partial charge in [-0.2, -0.15) is 0 Å². The molecular weight excluding hydrogens is 600 g/mol. The van der Waals surface area contributed by atoms with Crippen molar-refractivity contribution in [2.45, 2.75) is 25.7 Å². The van der Waals surface area contributed by atoms with Crippen molar-refractivity contribution < 1.29 is 38.3 Å². The van der Waals surface area contributed by atoms with E-state index < -0.39 is 22.8 Å². The Morgan fingerprint density at radius 3 is 2.46 bits per heavy atom. The Bertz CT molecular complexity index is 1760. The highest BCUT2D eigenvalue weighted by atomic mass is 16.6. The third kappa shape index (κ3) is 7.95. The zero-order chi connectivity index (χ0) is 33.2. The number of nitro groups is 1. The second kappa shape index (κ2) is 15.5. The topological polar surface area (TPSA) is 188 Å². The van der Waals surface area contributed by atoms with Gasteiger partial charge in [-0.15, -0.1) is 0 Å². The first-order valence-electron chi connectivity index (χ1n) is 14.4. The fourth-order valence-corrected chi connectivity index (χ4v) is 5.12. The number of nitro benzene ring substituents is 1. The maximum absolute atomic E-state index is 13.1. The van der Waals surface area contributed by atoms with Crippen LogP contribution in [0.3, 0.4) is 0 Å². The van der Waals surface area contributed by atoms with Crippen LogP contribution in [0.4, 0.5) is 5.69 Å². The van der Waals surface area contributed by atoms with E-state index in [0.717, 1.165) is 5.39 Å². The molecule has 1 aromatic heterocycles. The summed E-state index contributed by atoms with van der Waals surface area (Å²) >= 11 is 0. The number of H-pyrrole nitrogens is 1. The Morgan fingerprint density at radius 1 is 0.978 bits per heavy atom. The highest BCUT2D eigenvalue weighted by Gasteiger charge is 2.41. The number of carbonyl (C=O) groups is 3. The number of aromatic amines is 1. The molecule has 2 aromatic carbocycles. The zero-order valence-corrected chi connectivity index (χ0v) is 25.5. The second-order valence-corrected chi connectivity index (χ2v) is 10.2. The van der Waals surface area contributed by atoms with E-state index in [9.17, 15) is 29.3 Å². The summed E-state index contributed by atoms with van der Waals surface area (Å²) in [5.41, 5.74) is 0.918. The van der Waals surface area contributed by atoms with Crippen LogP contribution in [-0.2, 0) is 28.6 Å². The highest BCUT2D eigenvalue weighted by molar-refractivity contribution is 6.00. The van der Waals surface area contributed by atoms with Crippen molar-refractivity contribution in [1.82, 2.24) is 15.6 Å². The minimum atomic E-state index is -1.16. The van der Waals surface area contributed by atoms with E-state index in [1.165, 1.54) is 38.5 Å². The molecule has 0 bridgehead atoms. The lowest BCUT2D eigenvalue weighted by Crippen LogP contribution is -2.35. The molecule has 1 atom stereocenters. The van der Waals surface area contributed by atoms with E-state index >= 15 is 0 Å². The molecule has 0 fully saturated rings. The van der Waals surface area contributed by atoms with Crippen LogP contribution < -0.4 is 20.9 Å². The van der Waals surface area contributed by atoms with Gasteiger partial charge in [0.1, 0.15) is 5.75 Å². The number of rotatable bonds is 14. The smallest absolute Gasteiger partial charge is 0.336 e. The molecule has 0 saturated carbocycles. The largest absolute Gasteiger partial charge is 0.494 e. The number of nitrogens with zero attached hydrogens (tertiary/aromatic N) is 1. The van der Waals surface area contributed by atoms with Crippen molar-refractivity contribution in [3.63, 3.8) is 0 Å². The number of esters is 2. The minimum Gasteiger partial charge on any atom is -0.494 e. The van der Waals surface area contributed by atoms with Crippen LogP contribution in [0.15, 0.2) is 81.9 Å². The van der Waals surface area contributed by atoms with Crippen molar-refractivity contribution in [2.24, 2.45) is 0 Å². The quantitative estimate of drug-likeness (QED) is 0.102. The average Bonchev–Trinajstić information content (AvgIpc) is 3.05. The van der Waals surface area contributed by atoms with Crippen molar-refractivity contribution in [3.05, 3.63) is 103 Å². The van der Waals surface area contributed by atoms with Gasteiger partial charge in [-0.05, 0) is 37.6 Å². The first kappa shape index (κ1) is 33.4. The number of fused-ring (bicyclic) bond motifs is 1.